The molecule has 4 aromatic rings. The standard InChI is InChI=1S/C25H20N4/c1-3-18-15(2)20-12-21(20)24-23(18)19-6-4-5-7-22(19)29(24)17-13-27-25(28-14-17)16-8-10-26-11-9-16/h3-11,13-14,20-21H,2,12H2,1H3/b18-3+. The fourth-order valence-electron chi connectivity index (χ4n) is 4.83. The van der Waals surface area contributed by atoms with Crippen LogP contribution in [0.25, 0.3) is 33.6 Å². The first-order chi connectivity index (χ1) is 14.3. The fraction of sp³-hybridized carbons (Fsp3) is 0.160. The molecule has 4 nitrogen and oxygen atoms in total. The molecule has 0 radical (unpaired) electrons. The maximum Gasteiger partial charge on any atom is 0.159 e. The second-order valence-corrected chi connectivity index (χ2v) is 7.79. The average molecular weight is 376 g/mol. The summed E-state index contributed by atoms with van der Waals surface area (Å²) >= 11 is 0. The highest BCUT2D eigenvalue weighted by Gasteiger charge is 2.49. The van der Waals surface area contributed by atoms with E-state index in [1.165, 1.54) is 39.7 Å². The Kier molecular flexibility index (Phi) is 3.39. The molecular formula is C25H20N4. The molecule has 1 saturated carbocycles. The summed E-state index contributed by atoms with van der Waals surface area (Å²) in [5.41, 5.74) is 8.49. The highest BCUT2D eigenvalue weighted by atomic mass is 15.0. The molecule has 29 heavy (non-hydrogen) atoms. The number of pyridine rings is 1. The monoisotopic (exact) mass is 376 g/mol. The van der Waals surface area contributed by atoms with Gasteiger partial charge in [0.25, 0.3) is 0 Å². The predicted octanol–water partition coefficient (Wildman–Crippen LogP) is 5.56. The molecule has 3 aromatic heterocycles. The van der Waals surface area contributed by atoms with Crippen LogP contribution in [0.2, 0.25) is 0 Å². The molecular weight excluding hydrogens is 356 g/mol. The van der Waals surface area contributed by atoms with Gasteiger partial charge in [-0.05, 0) is 48.6 Å². The van der Waals surface area contributed by atoms with Gasteiger partial charge >= 0.3 is 0 Å². The van der Waals surface area contributed by atoms with Crippen LogP contribution in [-0.2, 0) is 0 Å². The first kappa shape index (κ1) is 16.4. The van der Waals surface area contributed by atoms with Crippen LogP contribution in [0.15, 0.2) is 79.4 Å². The first-order valence-electron chi connectivity index (χ1n) is 10.00. The number of para-hydroxylation sites is 1. The Bertz CT molecular complexity index is 1300. The van der Waals surface area contributed by atoms with Crippen LogP contribution < -0.4 is 0 Å². The van der Waals surface area contributed by atoms with Gasteiger partial charge in [0.15, 0.2) is 5.82 Å². The summed E-state index contributed by atoms with van der Waals surface area (Å²) in [7, 11) is 0. The Hall–Kier alpha value is -3.53. The van der Waals surface area contributed by atoms with Crippen molar-refractivity contribution in [2.45, 2.75) is 19.3 Å². The third-order valence-electron chi connectivity index (χ3n) is 6.24. The smallest absolute Gasteiger partial charge is 0.159 e. The molecule has 2 aliphatic rings. The largest absolute Gasteiger partial charge is 0.310 e. The summed E-state index contributed by atoms with van der Waals surface area (Å²) in [5, 5.41) is 1.28. The maximum atomic E-state index is 4.66. The number of hydrogen-bond acceptors (Lipinski definition) is 3. The molecule has 0 N–H and O–H groups in total. The van der Waals surface area contributed by atoms with Gasteiger partial charge in [0, 0.05) is 40.5 Å². The van der Waals surface area contributed by atoms with Crippen LogP contribution in [0, 0.1) is 5.92 Å². The van der Waals surface area contributed by atoms with Gasteiger partial charge in [0.1, 0.15) is 0 Å². The number of aromatic nitrogens is 4. The van der Waals surface area contributed by atoms with Gasteiger partial charge in [0.2, 0.25) is 0 Å². The lowest BCUT2D eigenvalue weighted by atomic mass is 9.86. The van der Waals surface area contributed by atoms with E-state index in [0.717, 1.165) is 11.3 Å². The maximum absolute atomic E-state index is 4.66. The molecule has 0 aliphatic heterocycles. The second-order valence-electron chi connectivity index (χ2n) is 7.79. The van der Waals surface area contributed by atoms with Crippen molar-refractivity contribution in [3.8, 4) is 17.1 Å². The fourth-order valence-corrected chi connectivity index (χ4v) is 4.83. The normalized spacial score (nSPS) is 21.3. The molecule has 2 unspecified atom stereocenters. The van der Waals surface area contributed by atoms with E-state index >= 15 is 0 Å². The number of allylic oxidation sites excluding steroid dienone is 3. The number of rotatable bonds is 2. The van der Waals surface area contributed by atoms with Crippen LogP contribution in [0.4, 0.5) is 0 Å². The lowest BCUT2D eigenvalue weighted by Gasteiger charge is -2.20. The summed E-state index contributed by atoms with van der Waals surface area (Å²) in [5.74, 6) is 1.82. The van der Waals surface area contributed by atoms with Gasteiger partial charge in [-0.2, -0.15) is 0 Å². The summed E-state index contributed by atoms with van der Waals surface area (Å²) in [6.07, 6.45) is 10.8. The van der Waals surface area contributed by atoms with Crippen LogP contribution >= 0.6 is 0 Å². The van der Waals surface area contributed by atoms with E-state index in [1.807, 2.05) is 24.5 Å². The molecule has 0 spiro atoms. The molecule has 2 aliphatic carbocycles. The molecule has 0 amide bonds. The Balaban J connectivity index is 1.58. The quantitative estimate of drug-likeness (QED) is 0.460. The van der Waals surface area contributed by atoms with Gasteiger partial charge in [-0.25, -0.2) is 9.97 Å². The number of nitrogens with zero attached hydrogens (tertiary/aromatic N) is 4. The van der Waals surface area contributed by atoms with Crippen molar-refractivity contribution in [3.63, 3.8) is 0 Å². The average Bonchev–Trinajstić information content (AvgIpc) is 3.51. The first-order valence-corrected chi connectivity index (χ1v) is 10.00. The molecule has 2 atom stereocenters. The van der Waals surface area contributed by atoms with E-state index in [0.29, 0.717) is 17.7 Å². The van der Waals surface area contributed by atoms with Crippen molar-refractivity contribution in [1.29, 1.82) is 0 Å². The minimum atomic E-state index is 0.536. The topological polar surface area (TPSA) is 43.6 Å². The highest BCUT2D eigenvalue weighted by Crippen LogP contribution is 2.62. The van der Waals surface area contributed by atoms with Crippen molar-refractivity contribution >= 4 is 16.5 Å². The van der Waals surface area contributed by atoms with E-state index in [4.69, 9.17) is 0 Å². The molecule has 3 heterocycles. The van der Waals surface area contributed by atoms with E-state index < -0.39 is 0 Å². The minimum absolute atomic E-state index is 0.536. The molecule has 1 fully saturated rings. The van der Waals surface area contributed by atoms with Gasteiger partial charge < -0.3 is 4.57 Å². The molecule has 0 saturated heterocycles. The van der Waals surface area contributed by atoms with Crippen molar-refractivity contribution < 1.29 is 0 Å². The van der Waals surface area contributed by atoms with E-state index in [1.54, 1.807) is 12.4 Å². The Labute approximate surface area is 169 Å². The number of benzene rings is 1. The molecule has 4 heteroatoms. The summed E-state index contributed by atoms with van der Waals surface area (Å²) in [6, 6.07) is 12.5. The molecule has 6 rings (SSSR count). The minimum Gasteiger partial charge on any atom is -0.310 e. The zero-order chi connectivity index (χ0) is 19.5. The molecule has 1 aromatic carbocycles. The van der Waals surface area contributed by atoms with Gasteiger partial charge in [-0.1, -0.05) is 30.9 Å². The van der Waals surface area contributed by atoms with Crippen LogP contribution in [0.5, 0.6) is 0 Å². The van der Waals surface area contributed by atoms with E-state index in [9.17, 15) is 0 Å². The van der Waals surface area contributed by atoms with Crippen molar-refractivity contribution in [1.82, 2.24) is 19.5 Å². The lowest BCUT2D eigenvalue weighted by Crippen LogP contribution is -2.08. The van der Waals surface area contributed by atoms with Crippen molar-refractivity contribution in [3.05, 3.63) is 90.7 Å². The summed E-state index contributed by atoms with van der Waals surface area (Å²) in [4.78, 5) is 13.4. The van der Waals surface area contributed by atoms with Crippen LogP contribution in [-0.4, -0.2) is 19.5 Å². The van der Waals surface area contributed by atoms with E-state index in [-0.39, 0.29) is 0 Å². The Morgan fingerprint density at radius 2 is 1.79 bits per heavy atom. The van der Waals surface area contributed by atoms with E-state index in [2.05, 4.69) is 63.4 Å². The van der Waals surface area contributed by atoms with Gasteiger partial charge in [-0.3, -0.25) is 4.98 Å². The number of fused-ring (bicyclic) bond motifs is 5. The van der Waals surface area contributed by atoms with Gasteiger partial charge in [0.05, 0.1) is 23.6 Å². The molecule has 140 valence electrons. The summed E-state index contributed by atoms with van der Waals surface area (Å²) in [6.45, 7) is 6.53. The third kappa shape index (κ3) is 2.29. The van der Waals surface area contributed by atoms with Gasteiger partial charge in [-0.15, -0.1) is 0 Å². The van der Waals surface area contributed by atoms with Crippen LogP contribution in [0.3, 0.4) is 0 Å². The zero-order valence-corrected chi connectivity index (χ0v) is 16.2. The second kappa shape index (κ2) is 5.98. The zero-order valence-electron chi connectivity index (χ0n) is 16.2. The Morgan fingerprint density at radius 1 is 1.03 bits per heavy atom. The van der Waals surface area contributed by atoms with Crippen molar-refractivity contribution in [2.24, 2.45) is 5.92 Å². The van der Waals surface area contributed by atoms with Crippen LogP contribution in [0.1, 0.15) is 30.5 Å². The lowest BCUT2D eigenvalue weighted by molar-refractivity contribution is 0.865. The predicted molar refractivity (Wildman–Crippen MR) is 116 cm³/mol. The van der Waals surface area contributed by atoms with Crippen molar-refractivity contribution in [2.75, 3.05) is 0 Å². The highest BCUT2D eigenvalue weighted by molar-refractivity contribution is 6.01. The number of hydrogen-bond donors (Lipinski definition) is 0. The molecule has 0 bridgehead atoms. The summed E-state index contributed by atoms with van der Waals surface area (Å²) < 4.78 is 2.36. The third-order valence-corrected chi connectivity index (χ3v) is 6.24. The SMILES string of the molecule is C=C1/C(=C\C)c2c(n(-c3cnc(-c4ccncc4)nc3)c3ccccc23)C2CC12. The Morgan fingerprint density at radius 3 is 2.55 bits per heavy atom.